The molecule has 142 valence electrons. The number of carbonyl (C=O) groups is 3. The van der Waals surface area contributed by atoms with Gasteiger partial charge in [-0.05, 0) is 30.0 Å². The Balaban J connectivity index is 1.68. The quantitative estimate of drug-likeness (QED) is 0.761. The van der Waals surface area contributed by atoms with Crippen LogP contribution in [0.25, 0.3) is 0 Å². The number of thioether (sulfide) groups is 1. The maximum absolute atomic E-state index is 13.2. The minimum atomic E-state index is -0.802. The summed E-state index contributed by atoms with van der Waals surface area (Å²) < 4.78 is 14.8. The monoisotopic (exact) mass is 412 g/mol. The highest BCUT2D eigenvalue weighted by Gasteiger charge is 2.51. The zero-order valence-electron chi connectivity index (χ0n) is 14.7. The van der Waals surface area contributed by atoms with Gasteiger partial charge in [0.15, 0.2) is 0 Å². The summed E-state index contributed by atoms with van der Waals surface area (Å²) in [6, 6.07) is 2.64. The van der Waals surface area contributed by atoms with Gasteiger partial charge in [0.25, 0.3) is 23.0 Å². The lowest BCUT2D eigenvalue weighted by Crippen LogP contribution is -2.59. The molecule has 0 saturated carbocycles. The Labute approximate surface area is 163 Å². The molecule has 1 unspecified atom stereocenters. The molecule has 27 heavy (non-hydrogen) atoms. The smallest absolute Gasteiger partial charge is 0.325 e. The number of likely N-dealkylation sites (N-methyl/N-ethyl adjacent to an activating group) is 2. The van der Waals surface area contributed by atoms with Crippen LogP contribution in [0.2, 0.25) is 5.02 Å². The van der Waals surface area contributed by atoms with Crippen LogP contribution in [0.3, 0.4) is 0 Å². The first-order valence-corrected chi connectivity index (χ1v) is 9.18. The number of rotatable bonds is 3. The number of benzene rings is 1. The van der Waals surface area contributed by atoms with Crippen LogP contribution in [-0.2, 0) is 9.59 Å². The number of hydrogen-bond donors (Lipinski definition) is 1. The van der Waals surface area contributed by atoms with Crippen molar-refractivity contribution in [1.82, 2.24) is 9.80 Å². The van der Waals surface area contributed by atoms with E-state index in [9.17, 15) is 18.8 Å². The Morgan fingerprint density at radius 1 is 1.37 bits per heavy atom. The molecule has 0 bridgehead atoms. The van der Waals surface area contributed by atoms with Gasteiger partial charge >= 0.3 is 6.03 Å². The minimum Gasteiger partial charge on any atom is -0.325 e. The van der Waals surface area contributed by atoms with E-state index in [-0.39, 0.29) is 16.7 Å². The molecule has 3 rings (SSSR count). The van der Waals surface area contributed by atoms with Gasteiger partial charge < -0.3 is 5.32 Å². The molecule has 0 aliphatic carbocycles. The van der Waals surface area contributed by atoms with Crippen LogP contribution >= 0.6 is 23.4 Å². The summed E-state index contributed by atoms with van der Waals surface area (Å²) >= 11 is 6.82. The van der Waals surface area contributed by atoms with E-state index in [0.29, 0.717) is 16.7 Å². The van der Waals surface area contributed by atoms with Gasteiger partial charge in [0.1, 0.15) is 5.82 Å². The second kappa shape index (κ2) is 7.28. The van der Waals surface area contributed by atoms with E-state index in [0.717, 1.165) is 22.7 Å². The van der Waals surface area contributed by atoms with Crippen molar-refractivity contribution in [3.8, 4) is 0 Å². The van der Waals surface area contributed by atoms with Crippen LogP contribution in [0.5, 0.6) is 0 Å². The van der Waals surface area contributed by atoms with Crippen LogP contribution < -0.4 is 5.32 Å². The molecule has 2 heterocycles. The Bertz CT molecular complexity index is 919. The summed E-state index contributed by atoms with van der Waals surface area (Å²) in [5.74, 6) is -0.859. The maximum atomic E-state index is 13.2. The normalized spacial score (nSPS) is 19.4. The Morgan fingerprint density at radius 2 is 2.07 bits per heavy atom. The summed E-state index contributed by atoms with van der Waals surface area (Å²) in [5.41, 5.74) is 0.374. The molecule has 0 aromatic heterocycles. The fraction of sp³-hybridized carbons (Fsp3) is 0.312. The highest BCUT2D eigenvalue weighted by molar-refractivity contribution is 8.14. The molecule has 1 atom stereocenters. The summed E-state index contributed by atoms with van der Waals surface area (Å²) in [6.45, 7) is 0. The Kier molecular flexibility index (Phi) is 5.20. The van der Waals surface area contributed by atoms with Crippen molar-refractivity contribution in [2.75, 3.05) is 32.2 Å². The van der Waals surface area contributed by atoms with Gasteiger partial charge in [0.05, 0.1) is 24.9 Å². The van der Waals surface area contributed by atoms with Gasteiger partial charge in [-0.2, -0.15) is 0 Å². The topological polar surface area (TPSA) is 85.1 Å². The molecule has 8 nitrogen and oxygen atoms in total. The summed E-state index contributed by atoms with van der Waals surface area (Å²) in [4.78, 5) is 43.2. The molecule has 1 aromatic carbocycles. The molecule has 0 radical (unpaired) electrons. The lowest BCUT2D eigenvalue weighted by molar-refractivity contribution is -0.367. The molecule has 0 spiro atoms. The highest BCUT2D eigenvalue weighted by atomic mass is 35.5. The van der Waals surface area contributed by atoms with E-state index < -0.39 is 23.8 Å². The van der Waals surface area contributed by atoms with Crippen molar-refractivity contribution in [1.29, 1.82) is 0 Å². The van der Waals surface area contributed by atoms with Crippen LogP contribution in [-0.4, -0.2) is 76.2 Å². The largest absolute Gasteiger partial charge is 0.388 e. The zero-order chi connectivity index (χ0) is 19.9. The van der Waals surface area contributed by atoms with Crippen molar-refractivity contribution < 1.29 is 23.3 Å². The Hall–Kier alpha value is -2.46. The van der Waals surface area contributed by atoms with Gasteiger partial charge in [0.2, 0.25) is 5.91 Å². The number of aliphatic imine (C=N–C) groups is 1. The predicted octanol–water partition coefficient (Wildman–Crippen LogP) is 1.45. The third-order valence-electron chi connectivity index (χ3n) is 4.13. The molecule has 4 amide bonds. The van der Waals surface area contributed by atoms with Gasteiger partial charge in [0, 0.05) is 12.7 Å². The molecule has 11 heteroatoms. The first-order chi connectivity index (χ1) is 12.7. The van der Waals surface area contributed by atoms with Gasteiger partial charge in [-0.1, -0.05) is 11.6 Å². The second-order valence-corrected chi connectivity index (χ2v) is 7.29. The van der Waals surface area contributed by atoms with E-state index in [4.69, 9.17) is 11.6 Å². The molecular weight excluding hydrogens is 397 g/mol. The number of hydrogen-bond acceptors (Lipinski definition) is 5. The summed E-state index contributed by atoms with van der Waals surface area (Å²) in [6.07, 6.45) is 0. The first kappa shape index (κ1) is 19.3. The number of amidine groups is 2. The average Bonchev–Trinajstić information content (AvgIpc) is 2.96. The van der Waals surface area contributed by atoms with E-state index in [1.54, 1.807) is 18.7 Å². The highest BCUT2D eigenvalue weighted by Crippen LogP contribution is 2.23. The number of amides is 4. The molecule has 1 N–H and O–H groups in total. The van der Waals surface area contributed by atoms with Gasteiger partial charge in [-0.3, -0.25) is 14.5 Å². The van der Waals surface area contributed by atoms with Crippen molar-refractivity contribution in [3.05, 3.63) is 29.0 Å². The fourth-order valence-electron chi connectivity index (χ4n) is 2.75. The van der Waals surface area contributed by atoms with Crippen molar-refractivity contribution in [2.24, 2.45) is 4.99 Å². The molecular formula is C16H16ClFN5O3S+. The fourth-order valence-corrected chi connectivity index (χ4v) is 3.73. The Morgan fingerprint density at radius 3 is 2.74 bits per heavy atom. The minimum absolute atomic E-state index is 0.0137. The van der Waals surface area contributed by atoms with E-state index in [1.807, 2.05) is 0 Å². The predicted molar refractivity (Wildman–Crippen MR) is 101 cm³/mol. The first-order valence-electron chi connectivity index (χ1n) is 7.82. The van der Waals surface area contributed by atoms with Crippen molar-refractivity contribution >= 4 is 57.9 Å². The second-order valence-electron chi connectivity index (χ2n) is 5.94. The number of fused-ring (bicyclic) bond motifs is 1. The zero-order valence-corrected chi connectivity index (χ0v) is 16.3. The summed E-state index contributed by atoms with van der Waals surface area (Å²) in [5, 5.41) is 2.98. The maximum Gasteiger partial charge on any atom is 0.388 e. The molecule has 1 aromatic rings. The van der Waals surface area contributed by atoms with Crippen LogP contribution in [0.15, 0.2) is 23.2 Å². The third kappa shape index (κ3) is 3.54. The number of carbonyl (C=O) groups excluding carboxylic acids is 3. The van der Waals surface area contributed by atoms with Crippen LogP contribution in [0.1, 0.15) is 0 Å². The third-order valence-corrected chi connectivity index (χ3v) is 5.47. The number of urea groups is 1. The molecule has 2 aliphatic rings. The lowest BCUT2D eigenvalue weighted by Gasteiger charge is -2.27. The van der Waals surface area contributed by atoms with E-state index in [2.05, 4.69) is 10.3 Å². The van der Waals surface area contributed by atoms with Crippen molar-refractivity contribution in [3.63, 3.8) is 0 Å². The summed E-state index contributed by atoms with van der Waals surface area (Å²) in [7, 11) is 4.65. The van der Waals surface area contributed by atoms with Gasteiger partial charge in [-0.25, -0.2) is 18.7 Å². The lowest BCUT2D eigenvalue weighted by atomic mass is 10.2. The standard InChI is InChI=1S/C16H15ClFN5O3S/c1-21-13-12(14(25)23(3)16(26)22(13)2)20-15(21)27-7-11(24)19-8-4-5-10(18)9(17)6-8/h4-6,12H,7H2,1-3H3/p+1. The number of anilines is 1. The average molecular weight is 413 g/mol. The van der Waals surface area contributed by atoms with E-state index in [1.165, 1.54) is 24.1 Å². The number of nitrogens with zero attached hydrogens (tertiary/aromatic N) is 4. The van der Waals surface area contributed by atoms with Crippen LogP contribution in [0.4, 0.5) is 14.9 Å². The number of nitrogens with one attached hydrogen (secondary N) is 1. The number of halogens is 2. The number of imide groups is 1. The van der Waals surface area contributed by atoms with Crippen LogP contribution in [0, 0.1) is 5.82 Å². The molecule has 1 fully saturated rings. The SMILES string of the molecule is CN1C(=O)C2N=C(SCC(=O)Nc3ccc(F)c(Cl)c3)[N+](C)=C2N(C)C1=O. The molecule has 1 saturated heterocycles. The van der Waals surface area contributed by atoms with E-state index >= 15 is 0 Å². The molecule has 2 aliphatic heterocycles. The van der Waals surface area contributed by atoms with Crippen molar-refractivity contribution in [2.45, 2.75) is 6.04 Å². The van der Waals surface area contributed by atoms with Gasteiger partial charge in [-0.15, -0.1) is 4.99 Å².